The summed E-state index contributed by atoms with van der Waals surface area (Å²) in [6.45, 7) is 0. The fourth-order valence-corrected chi connectivity index (χ4v) is 3.95. The molecule has 1 N–H and O–H groups in total. The number of hydrogen-bond acceptors (Lipinski definition) is 3. The van der Waals surface area contributed by atoms with Crippen molar-refractivity contribution in [2.75, 3.05) is 18.6 Å². The van der Waals surface area contributed by atoms with Crippen LogP contribution in [0.1, 0.15) is 30.9 Å². The van der Waals surface area contributed by atoms with E-state index in [2.05, 4.69) is 48.4 Å². The van der Waals surface area contributed by atoms with Gasteiger partial charge in [-0.05, 0) is 61.4 Å². The van der Waals surface area contributed by atoms with Crippen LogP contribution in [0.4, 0.5) is 0 Å². The second-order valence-electron chi connectivity index (χ2n) is 5.28. The van der Waals surface area contributed by atoms with Gasteiger partial charge in [0.05, 0.1) is 6.10 Å². The lowest BCUT2D eigenvalue weighted by Gasteiger charge is -2.23. The maximum absolute atomic E-state index is 5.89. The van der Waals surface area contributed by atoms with Crippen LogP contribution in [-0.4, -0.2) is 24.7 Å². The minimum atomic E-state index is 0.475. The Morgan fingerprint density at radius 2 is 2.22 bits per heavy atom. The first kappa shape index (κ1) is 12.4. The third kappa shape index (κ3) is 2.83. The molecule has 3 rings (SSSR count). The molecule has 98 valence electrons. The van der Waals surface area contributed by atoms with Gasteiger partial charge in [-0.15, -0.1) is 0 Å². The summed E-state index contributed by atoms with van der Waals surface area (Å²) >= 11 is 2.07. The third-order valence-corrected chi connectivity index (χ3v) is 4.98. The molecule has 0 aromatic heterocycles. The molecule has 18 heavy (non-hydrogen) atoms. The molecular weight excluding hydrogens is 242 g/mol. The Kier molecular flexibility index (Phi) is 3.80. The molecule has 0 bridgehead atoms. The van der Waals surface area contributed by atoms with Gasteiger partial charge in [0, 0.05) is 6.04 Å². The van der Waals surface area contributed by atoms with Crippen molar-refractivity contribution in [2.24, 2.45) is 5.92 Å². The first-order chi connectivity index (χ1) is 8.86. The lowest BCUT2D eigenvalue weighted by atomic mass is 9.92. The van der Waals surface area contributed by atoms with Crippen molar-refractivity contribution in [3.8, 4) is 5.75 Å². The Morgan fingerprint density at radius 3 is 2.89 bits per heavy atom. The van der Waals surface area contributed by atoms with Crippen molar-refractivity contribution in [1.82, 2.24) is 5.32 Å². The maximum Gasteiger partial charge on any atom is 0.120 e. The Morgan fingerprint density at radius 1 is 1.33 bits per heavy atom. The number of rotatable bonds is 5. The van der Waals surface area contributed by atoms with Gasteiger partial charge in [-0.25, -0.2) is 0 Å². The number of ether oxygens (including phenoxy) is 1. The van der Waals surface area contributed by atoms with Crippen molar-refractivity contribution in [3.05, 3.63) is 29.8 Å². The average Bonchev–Trinajstić information content (AvgIpc) is 3.04. The van der Waals surface area contributed by atoms with Crippen molar-refractivity contribution >= 4 is 11.8 Å². The van der Waals surface area contributed by atoms with Crippen LogP contribution in [0.15, 0.2) is 24.3 Å². The highest BCUT2D eigenvalue weighted by molar-refractivity contribution is 7.99. The number of benzene rings is 1. The summed E-state index contributed by atoms with van der Waals surface area (Å²) in [7, 11) is 2.07. The van der Waals surface area contributed by atoms with E-state index < -0.39 is 0 Å². The lowest BCUT2D eigenvalue weighted by molar-refractivity contribution is 0.302. The van der Waals surface area contributed by atoms with E-state index in [0.717, 1.165) is 11.7 Å². The van der Waals surface area contributed by atoms with E-state index >= 15 is 0 Å². The summed E-state index contributed by atoms with van der Waals surface area (Å²) in [5, 5.41) is 3.49. The van der Waals surface area contributed by atoms with E-state index in [4.69, 9.17) is 4.74 Å². The zero-order valence-corrected chi connectivity index (χ0v) is 11.7. The summed E-state index contributed by atoms with van der Waals surface area (Å²) in [5.41, 5.74) is 1.38. The average molecular weight is 263 g/mol. The highest BCUT2D eigenvalue weighted by Gasteiger charge is 2.27. The van der Waals surface area contributed by atoms with Gasteiger partial charge in [0.15, 0.2) is 0 Å². The molecule has 1 saturated carbocycles. The zero-order chi connectivity index (χ0) is 12.4. The maximum atomic E-state index is 5.89. The number of hydrogen-bond donors (Lipinski definition) is 1. The molecule has 3 heteroatoms. The number of nitrogens with one attached hydrogen (secondary N) is 1. The van der Waals surface area contributed by atoms with Gasteiger partial charge in [0.1, 0.15) is 5.75 Å². The Hall–Kier alpha value is -0.670. The first-order valence-electron chi connectivity index (χ1n) is 6.88. The Labute approximate surface area is 113 Å². The minimum Gasteiger partial charge on any atom is -0.490 e. The molecular formula is C15H21NOS. The SMILES string of the molecule is CNC(c1cccc(OC2CC2)c1)C1CCSC1. The predicted molar refractivity (Wildman–Crippen MR) is 77.3 cm³/mol. The number of thioether (sulfide) groups is 1. The van der Waals surface area contributed by atoms with Crippen LogP contribution in [0.25, 0.3) is 0 Å². The molecule has 2 aliphatic rings. The fraction of sp³-hybridized carbons (Fsp3) is 0.600. The molecule has 2 unspecified atom stereocenters. The first-order valence-corrected chi connectivity index (χ1v) is 8.04. The van der Waals surface area contributed by atoms with Crippen LogP contribution in [0, 0.1) is 5.92 Å². The highest BCUT2D eigenvalue weighted by Crippen LogP contribution is 2.35. The summed E-state index contributed by atoms with van der Waals surface area (Å²) in [6.07, 6.45) is 4.25. The topological polar surface area (TPSA) is 21.3 Å². The smallest absolute Gasteiger partial charge is 0.120 e. The van der Waals surface area contributed by atoms with Crippen LogP contribution < -0.4 is 10.1 Å². The summed E-state index contributed by atoms with van der Waals surface area (Å²) in [4.78, 5) is 0. The van der Waals surface area contributed by atoms with Crippen molar-refractivity contribution in [1.29, 1.82) is 0 Å². The molecule has 2 fully saturated rings. The fourth-order valence-electron chi connectivity index (χ4n) is 2.65. The van der Waals surface area contributed by atoms with E-state index in [9.17, 15) is 0 Å². The van der Waals surface area contributed by atoms with Crippen LogP contribution in [-0.2, 0) is 0 Å². The van der Waals surface area contributed by atoms with Gasteiger partial charge < -0.3 is 10.1 Å². The highest BCUT2D eigenvalue weighted by atomic mass is 32.2. The zero-order valence-electron chi connectivity index (χ0n) is 10.9. The largest absolute Gasteiger partial charge is 0.490 e. The minimum absolute atomic E-state index is 0.475. The predicted octanol–water partition coefficient (Wildman–Crippen LogP) is 3.24. The molecule has 1 aromatic rings. The van der Waals surface area contributed by atoms with Gasteiger partial charge in [0.2, 0.25) is 0 Å². The van der Waals surface area contributed by atoms with E-state index in [1.165, 1.54) is 36.3 Å². The van der Waals surface area contributed by atoms with Crippen LogP contribution in [0.3, 0.4) is 0 Å². The summed E-state index contributed by atoms with van der Waals surface area (Å²) in [6, 6.07) is 9.13. The van der Waals surface area contributed by atoms with E-state index in [1.54, 1.807) is 0 Å². The van der Waals surface area contributed by atoms with E-state index in [0.29, 0.717) is 12.1 Å². The molecule has 1 heterocycles. The van der Waals surface area contributed by atoms with Crippen LogP contribution in [0.5, 0.6) is 5.75 Å². The standard InChI is InChI=1S/C15H21NOS/c1-16-15(12-7-8-18-10-12)11-3-2-4-14(9-11)17-13-5-6-13/h2-4,9,12-13,15-16H,5-8,10H2,1H3. The molecule has 2 nitrogen and oxygen atoms in total. The van der Waals surface area contributed by atoms with Crippen molar-refractivity contribution in [3.63, 3.8) is 0 Å². The molecule has 1 saturated heterocycles. The summed E-state index contributed by atoms with van der Waals surface area (Å²) in [5.74, 6) is 4.39. The van der Waals surface area contributed by atoms with Gasteiger partial charge in [-0.3, -0.25) is 0 Å². The van der Waals surface area contributed by atoms with Crippen LogP contribution in [0.2, 0.25) is 0 Å². The van der Waals surface area contributed by atoms with Gasteiger partial charge in [-0.1, -0.05) is 12.1 Å². The van der Waals surface area contributed by atoms with Crippen molar-refractivity contribution in [2.45, 2.75) is 31.4 Å². The summed E-state index contributed by atoms with van der Waals surface area (Å²) < 4.78 is 5.89. The second-order valence-corrected chi connectivity index (χ2v) is 6.43. The van der Waals surface area contributed by atoms with Crippen molar-refractivity contribution < 1.29 is 4.74 Å². The third-order valence-electron chi connectivity index (χ3n) is 3.79. The Bertz CT molecular complexity index is 399. The monoisotopic (exact) mass is 263 g/mol. The van der Waals surface area contributed by atoms with E-state index in [1.807, 2.05) is 0 Å². The molecule has 0 amide bonds. The molecule has 1 aliphatic heterocycles. The molecule has 1 aliphatic carbocycles. The molecule has 0 radical (unpaired) electrons. The normalized spacial score (nSPS) is 25.1. The van der Waals surface area contributed by atoms with Crippen LogP contribution >= 0.6 is 11.8 Å². The lowest BCUT2D eigenvalue weighted by Crippen LogP contribution is -2.25. The van der Waals surface area contributed by atoms with E-state index in [-0.39, 0.29) is 0 Å². The van der Waals surface area contributed by atoms with Gasteiger partial charge >= 0.3 is 0 Å². The van der Waals surface area contributed by atoms with Gasteiger partial charge in [-0.2, -0.15) is 11.8 Å². The molecule has 2 atom stereocenters. The second kappa shape index (κ2) is 5.54. The van der Waals surface area contributed by atoms with Gasteiger partial charge in [0.25, 0.3) is 0 Å². The quantitative estimate of drug-likeness (QED) is 0.881. The molecule has 1 aromatic carbocycles. The Balaban J connectivity index is 1.75. The molecule has 0 spiro atoms.